The van der Waals surface area contributed by atoms with Crippen LogP contribution in [0.3, 0.4) is 0 Å². The number of aryl methyl sites for hydroxylation is 1. The minimum Gasteiger partial charge on any atom is -0.302 e. The van der Waals surface area contributed by atoms with Crippen LogP contribution in [-0.4, -0.2) is 20.7 Å². The predicted molar refractivity (Wildman–Crippen MR) is 92.1 cm³/mol. The van der Waals surface area contributed by atoms with Gasteiger partial charge < -0.3 is 5.32 Å². The van der Waals surface area contributed by atoms with E-state index in [1.165, 1.54) is 11.3 Å². The molecule has 0 atom stereocenters. The number of nitrogens with zero attached hydrogens (tertiary/aromatic N) is 3. The Morgan fingerprint density at radius 1 is 1.26 bits per heavy atom. The van der Waals surface area contributed by atoms with Crippen molar-refractivity contribution in [1.29, 1.82) is 0 Å². The first-order chi connectivity index (χ1) is 11.1. The van der Waals surface area contributed by atoms with Gasteiger partial charge in [0.2, 0.25) is 5.91 Å². The van der Waals surface area contributed by atoms with Crippen LogP contribution in [0.4, 0.5) is 5.13 Å². The standard InChI is InChI=1S/C17H18N4OS/c1-12-15(8-9-16(22)19-17-18-10-11-23-17)13(2)21(20-12)14-6-4-3-5-7-14/h3-7,10-11H,8-9H2,1-2H3,(H,18,19,22). The maximum atomic E-state index is 12.0. The van der Waals surface area contributed by atoms with E-state index in [1.54, 1.807) is 6.20 Å². The van der Waals surface area contributed by atoms with Gasteiger partial charge in [-0.05, 0) is 38.0 Å². The topological polar surface area (TPSA) is 59.8 Å². The minimum absolute atomic E-state index is 0.0220. The summed E-state index contributed by atoms with van der Waals surface area (Å²) < 4.78 is 1.93. The van der Waals surface area contributed by atoms with Gasteiger partial charge in [-0.25, -0.2) is 9.67 Å². The molecule has 0 unspecified atom stereocenters. The van der Waals surface area contributed by atoms with Gasteiger partial charge in [0.1, 0.15) is 0 Å². The summed E-state index contributed by atoms with van der Waals surface area (Å²) in [6.45, 7) is 4.03. The van der Waals surface area contributed by atoms with E-state index in [1.807, 2.05) is 54.2 Å². The number of nitrogens with one attached hydrogen (secondary N) is 1. The van der Waals surface area contributed by atoms with Crippen LogP contribution in [0.5, 0.6) is 0 Å². The van der Waals surface area contributed by atoms with Crippen LogP contribution in [0.15, 0.2) is 41.9 Å². The summed E-state index contributed by atoms with van der Waals surface area (Å²) in [5, 5.41) is 9.90. The van der Waals surface area contributed by atoms with Crippen molar-refractivity contribution >= 4 is 22.4 Å². The van der Waals surface area contributed by atoms with Gasteiger partial charge in [0, 0.05) is 23.7 Å². The second-order valence-electron chi connectivity index (χ2n) is 5.28. The van der Waals surface area contributed by atoms with E-state index >= 15 is 0 Å². The van der Waals surface area contributed by atoms with Crippen molar-refractivity contribution in [2.45, 2.75) is 26.7 Å². The van der Waals surface area contributed by atoms with E-state index in [9.17, 15) is 4.79 Å². The second kappa shape index (κ2) is 6.75. The molecule has 0 aliphatic carbocycles. The molecule has 2 aromatic heterocycles. The van der Waals surface area contributed by atoms with Crippen molar-refractivity contribution < 1.29 is 4.79 Å². The van der Waals surface area contributed by atoms with Crippen molar-refractivity contribution in [3.05, 3.63) is 58.9 Å². The highest BCUT2D eigenvalue weighted by molar-refractivity contribution is 7.13. The number of hydrogen-bond acceptors (Lipinski definition) is 4. The molecule has 3 aromatic rings. The lowest BCUT2D eigenvalue weighted by Gasteiger charge is -2.05. The molecule has 23 heavy (non-hydrogen) atoms. The summed E-state index contributed by atoms with van der Waals surface area (Å²) in [5.41, 5.74) is 4.21. The Hall–Kier alpha value is -2.47. The Morgan fingerprint density at radius 3 is 2.74 bits per heavy atom. The summed E-state index contributed by atoms with van der Waals surface area (Å²) in [6, 6.07) is 10.0. The molecule has 6 heteroatoms. The monoisotopic (exact) mass is 326 g/mol. The number of anilines is 1. The van der Waals surface area contributed by atoms with E-state index < -0.39 is 0 Å². The largest absolute Gasteiger partial charge is 0.302 e. The first-order valence-electron chi connectivity index (χ1n) is 7.45. The number of para-hydroxylation sites is 1. The molecule has 1 aromatic carbocycles. The zero-order valence-corrected chi connectivity index (χ0v) is 13.9. The average Bonchev–Trinajstić information content (AvgIpc) is 3.15. The smallest absolute Gasteiger partial charge is 0.226 e. The normalized spacial score (nSPS) is 10.7. The van der Waals surface area contributed by atoms with Gasteiger partial charge in [0.25, 0.3) is 0 Å². The Labute approximate surface area is 139 Å². The fraction of sp³-hybridized carbons (Fsp3) is 0.235. The molecule has 2 heterocycles. The van der Waals surface area contributed by atoms with Gasteiger partial charge in [-0.1, -0.05) is 18.2 Å². The molecule has 5 nitrogen and oxygen atoms in total. The lowest BCUT2D eigenvalue weighted by molar-refractivity contribution is -0.116. The highest BCUT2D eigenvalue weighted by Gasteiger charge is 2.14. The molecule has 0 aliphatic rings. The maximum Gasteiger partial charge on any atom is 0.226 e. The third kappa shape index (κ3) is 3.48. The molecule has 3 rings (SSSR count). The number of benzene rings is 1. The van der Waals surface area contributed by atoms with Gasteiger partial charge in [-0.3, -0.25) is 4.79 Å². The highest BCUT2D eigenvalue weighted by Crippen LogP contribution is 2.19. The van der Waals surface area contributed by atoms with Crippen LogP contribution in [0, 0.1) is 13.8 Å². The molecule has 1 N–H and O–H groups in total. The zero-order chi connectivity index (χ0) is 16.2. The molecule has 0 fully saturated rings. The van der Waals surface area contributed by atoms with Gasteiger partial charge in [-0.2, -0.15) is 5.10 Å². The number of carbonyl (C=O) groups is 1. The number of aromatic nitrogens is 3. The molecule has 118 valence electrons. The van der Waals surface area contributed by atoms with Crippen LogP contribution >= 0.6 is 11.3 Å². The molecular weight excluding hydrogens is 308 g/mol. The summed E-state index contributed by atoms with van der Waals surface area (Å²) in [7, 11) is 0. The molecule has 0 saturated heterocycles. The van der Waals surface area contributed by atoms with E-state index in [4.69, 9.17) is 0 Å². The third-order valence-electron chi connectivity index (χ3n) is 3.72. The molecule has 0 spiro atoms. The van der Waals surface area contributed by atoms with Gasteiger partial charge in [0.15, 0.2) is 5.13 Å². The highest BCUT2D eigenvalue weighted by atomic mass is 32.1. The number of rotatable bonds is 5. The molecule has 0 aliphatic heterocycles. The van der Waals surface area contributed by atoms with E-state index in [-0.39, 0.29) is 5.91 Å². The van der Waals surface area contributed by atoms with Crippen LogP contribution in [-0.2, 0) is 11.2 Å². The summed E-state index contributed by atoms with van der Waals surface area (Å²) >= 11 is 1.42. The molecule has 1 amide bonds. The van der Waals surface area contributed by atoms with Gasteiger partial charge >= 0.3 is 0 Å². The molecular formula is C17H18N4OS. The predicted octanol–water partition coefficient (Wildman–Crippen LogP) is 3.52. The lowest BCUT2D eigenvalue weighted by atomic mass is 10.1. The Kier molecular flexibility index (Phi) is 4.52. The summed E-state index contributed by atoms with van der Waals surface area (Å²) in [6.07, 6.45) is 2.77. The average molecular weight is 326 g/mol. The van der Waals surface area contributed by atoms with E-state index in [0.717, 1.165) is 22.6 Å². The van der Waals surface area contributed by atoms with Gasteiger partial charge in [0.05, 0.1) is 11.4 Å². The SMILES string of the molecule is Cc1nn(-c2ccccc2)c(C)c1CCC(=O)Nc1nccs1. The molecule has 0 saturated carbocycles. The number of amides is 1. The van der Waals surface area contributed by atoms with Gasteiger partial charge in [-0.15, -0.1) is 11.3 Å². The van der Waals surface area contributed by atoms with Crippen molar-refractivity contribution in [1.82, 2.24) is 14.8 Å². The third-order valence-corrected chi connectivity index (χ3v) is 4.41. The van der Waals surface area contributed by atoms with Crippen molar-refractivity contribution in [3.63, 3.8) is 0 Å². The van der Waals surface area contributed by atoms with Crippen molar-refractivity contribution in [2.24, 2.45) is 0 Å². The van der Waals surface area contributed by atoms with Crippen LogP contribution in [0.25, 0.3) is 5.69 Å². The van der Waals surface area contributed by atoms with Crippen molar-refractivity contribution in [2.75, 3.05) is 5.32 Å². The first kappa shape index (κ1) is 15.4. The Bertz CT molecular complexity index is 794. The Balaban J connectivity index is 1.71. The van der Waals surface area contributed by atoms with E-state index in [2.05, 4.69) is 15.4 Å². The Morgan fingerprint density at radius 2 is 2.04 bits per heavy atom. The van der Waals surface area contributed by atoms with E-state index in [0.29, 0.717) is 18.0 Å². The second-order valence-corrected chi connectivity index (χ2v) is 6.18. The summed E-state index contributed by atoms with van der Waals surface area (Å²) in [5.74, 6) is -0.0220. The number of thiazole rings is 1. The zero-order valence-electron chi connectivity index (χ0n) is 13.1. The molecule has 0 radical (unpaired) electrons. The first-order valence-corrected chi connectivity index (χ1v) is 8.33. The lowest BCUT2D eigenvalue weighted by Crippen LogP contribution is -2.12. The van der Waals surface area contributed by atoms with Crippen LogP contribution in [0.2, 0.25) is 0 Å². The summed E-state index contributed by atoms with van der Waals surface area (Å²) in [4.78, 5) is 16.1. The van der Waals surface area contributed by atoms with Crippen molar-refractivity contribution in [3.8, 4) is 5.69 Å². The number of hydrogen-bond donors (Lipinski definition) is 1. The minimum atomic E-state index is -0.0220. The number of carbonyl (C=O) groups excluding carboxylic acids is 1. The quantitative estimate of drug-likeness (QED) is 0.780. The fourth-order valence-corrected chi connectivity index (χ4v) is 3.11. The fourth-order valence-electron chi connectivity index (χ4n) is 2.56. The molecule has 0 bridgehead atoms. The van der Waals surface area contributed by atoms with Crippen LogP contribution in [0.1, 0.15) is 23.4 Å². The maximum absolute atomic E-state index is 12.0. The van der Waals surface area contributed by atoms with Crippen LogP contribution < -0.4 is 5.32 Å².